The predicted molar refractivity (Wildman–Crippen MR) is 75.7 cm³/mol. The second-order valence-electron chi connectivity index (χ2n) is 5.29. The van der Waals surface area contributed by atoms with E-state index in [9.17, 15) is 0 Å². The fourth-order valence-electron chi connectivity index (χ4n) is 2.85. The third kappa shape index (κ3) is 2.40. The van der Waals surface area contributed by atoms with Crippen LogP contribution in [0.25, 0.3) is 5.69 Å². The molecular weight excluding hydrogens is 236 g/mol. The summed E-state index contributed by atoms with van der Waals surface area (Å²) in [6.45, 7) is 6.27. The molecule has 0 saturated carbocycles. The molecule has 19 heavy (non-hydrogen) atoms. The van der Waals surface area contributed by atoms with Crippen LogP contribution in [0.3, 0.4) is 0 Å². The van der Waals surface area contributed by atoms with Gasteiger partial charge in [-0.1, -0.05) is 0 Å². The summed E-state index contributed by atoms with van der Waals surface area (Å²) in [6.07, 6.45) is 6.37. The largest absolute Gasteiger partial charge is 0.316 e. The fraction of sp³-hybridized carbons (Fsp3) is 0.467. The van der Waals surface area contributed by atoms with Gasteiger partial charge in [0.05, 0.1) is 17.7 Å². The van der Waals surface area contributed by atoms with Crippen molar-refractivity contribution in [3.05, 3.63) is 41.7 Å². The first kappa shape index (κ1) is 12.4. The lowest BCUT2D eigenvalue weighted by Crippen LogP contribution is -2.29. The van der Waals surface area contributed by atoms with Gasteiger partial charge in [-0.05, 0) is 45.4 Å². The number of pyridine rings is 1. The summed E-state index contributed by atoms with van der Waals surface area (Å²) in [5.41, 5.74) is 4.55. The maximum absolute atomic E-state index is 4.55. The Balaban J connectivity index is 1.99. The summed E-state index contributed by atoms with van der Waals surface area (Å²) < 4.78 is 2.19. The molecule has 4 nitrogen and oxygen atoms in total. The molecule has 1 atom stereocenters. The Kier molecular flexibility index (Phi) is 3.34. The Labute approximate surface area is 113 Å². The van der Waals surface area contributed by atoms with Crippen LogP contribution in [0.1, 0.15) is 35.8 Å². The molecule has 1 aliphatic heterocycles. The predicted octanol–water partition coefficient (Wildman–Crippen LogP) is 2.35. The van der Waals surface area contributed by atoms with Crippen LogP contribution in [0, 0.1) is 13.8 Å². The topological polar surface area (TPSA) is 42.7 Å². The molecule has 0 radical (unpaired) electrons. The molecule has 1 fully saturated rings. The first-order valence-corrected chi connectivity index (χ1v) is 6.93. The molecule has 1 N–H and O–H groups in total. The van der Waals surface area contributed by atoms with Crippen LogP contribution in [-0.2, 0) is 0 Å². The summed E-state index contributed by atoms with van der Waals surface area (Å²) in [7, 11) is 0. The Morgan fingerprint density at radius 3 is 2.95 bits per heavy atom. The van der Waals surface area contributed by atoms with Crippen LogP contribution in [0.4, 0.5) is 0 Å². The van der Waals surface area contributed by atoms with Gasteiger partial charge in [-0.3, -0.25) is 4.98 Å². The minimum Gasteiger partial charge on any atom is -0.316 e. The van der Waals surface area contributed by atoms with Crippen molar-refractivity contribution >= 4 is 0 Å². The van der Waals surface area contributed by atoms with Crippen molar-refractivity contribution < 1.29 is 0 Å². The highest BCUT2D eigenvalue weighted by molar-refractivity contribution is 5.39. The van der Waals surface area contributed by atoms with Crippen LogP contribution < -0.4 is 5.32 Å². The third-order valence-corrected chi connectivity index (χ3v) is 3.84. The summed E-state index contributed by atoms with van der Waals surface area (Å²) in [5, 5.41) is 3.47. The van der Waals surface area contributed by atoms with Crippen molar-refractivity contribution in [1.29, 1.82) is 0 Å². The van der Waals surface area contributed by atoms with Gasteiger partial charge < -0.3 is 9.88 Å². The molecule has 100 valence electrons. The summed E-state index contributed by atoms with van der Waals surface area (Å²) in [5.74, 6) is 0.553. The summed E-state index contributed by atoms with van der Waals surface area (Å²) in [4.78, 5) is 8.90. The second kappa shape index (κ2) is 5.13. The van der Waals surface area contributed by atoms with Crippen LogP contribution in [0.2, 0.25) is 0 Å². The molecule has 1 unspecified atom stereocenters. The van der Waals surface area contributed by atoms with Crippen molar-refractivity contribution in [1.82, 2.24) is 19.9 Å². The number of hydrogen-bond donors (Lipinski definition) is 1. The fourth-order valence-corrected chi connectivity index (χ4v) is 2.85. The Morgan fingerprint density at radius 1 is 1.32 bits per heavy atom. The van der Waals surface area contributed by atoms with Gasteiger partial charge in [0.15, 0.2) is 0 Å². The van der Waals surface area contributed by atoms with E-state index in [0.29, 0.717) is 5.92 Å². The van der Waals surface area contributed by atoms with Crippen LogP contribution in [0.15, 0.2) is 24.7 Å². The number of rotatable bonds is 2. The number of hydrogen-bond acceptors (Lipinski definition) is 3. The monoisotopic (exact) mass is 256 g/mol. The van der Waals surface area contributed by atoms with Gasteiger partial charge in [0, 0.05) is 30.0 Å². The first-order chi connectivity index (χ1) is 9.25. The van der Waals surface area contributed by atoms with E-state index < -0.39 is 0 Å². The molecule has 0 amide bonds. The van der Waals surface area contributed by atoms with Crippen LogP contribution in [-0.4, -0.2) is 27.6 Å². The van der Waals surface area contributed by atoms with Crippen molar-refractivity contribution in [2.24, 2.45) is 0 Å². The lowest BCUT2D eigenvalue weighted by Gasteiger charge is -2.24. The normalized spacial score (nSPS) is 19.6. The number of nitrogens with zero attached hydrogens (tertiary/aromatic N) is 3. The molecule has 4 heteroatoms. The molecular formula is C15H20N4. The van der Waals surface area contributed by atoms with Gasteiger partial charge in [0.2, 0.25) is 0 Å². The van der Waals surface area contributed by atoms with Crippen molar-refractivity contribution in [3.63, 3.8) is 0 Å². The Morgan fingerprint density at radius 2 is 2.21 bits per heavy atom. The zero-order valence-electron chi connectivity index (χ0n) is 11.6. The molecule has 1 saturated heterocycles. The maximum Gasteiger partial charge on any atom is 0.0994 e. The molecule has 0 bridgehead atoms. The molecule has 2 aromatic heterocycles. The van der Waals surface area contributed by atoms with E-state index >= 15 is 0 Å². The summed E-state index contributed by atoms with van der Waals surface area (Å²) in [6, 6.07) is 4.20. The molecule has 3 rings (SSSR count). The second-order valence-corrected chi connectivity index (χ2v) is 5.29. The minimum absolute atomic E-state index is 0.553. The lowest BCUT2D eigenvalue weighted by molar-refractivity contribution is 0.451. The quantitative estimate of drug-likeness (QED) is 0.897. The number of imidazole rings is 1. The SMILES string of the molecule is Cc1ccc(-n2cncc2C2CCCNC2)c(C)n1. The highest BCUT2D eigenvalue weighted by Gasteiger charge is 2.20. The number of aryl methyl sites for hydroxylation is 2. The average Bonchev–Trinajstić information content (AvgIpc) is 2.89. The van der Waals surface area contributed by atoms with Gasteiger partial charge in [0.1, 0.15) is 0 Å². The maximum atomic E-state index is 4.55. The van der Waals surface area contributed by atoms with E-state index in [2.05, 4.69) is 38.9 Å². The van der Waals surface area contributed by atoms with Gasteiger partial charge in [-0.2, -0.15) is 0 Å². The third-order valence-electron chi connectivity index (χ3n) is 3.84. The van der Waals surface area contributed by atoms with E-state index in [-0.39, 0.29) is 0 Å². The Hall–Kier alpha value is -1.68. The molecule has 0 spiro atoms. The van der Waals surface area contributed by atoms with Gasteiger partial charge in [-0.25, -0.2) is 4.98 Å². The van der Waals surface area contributed by atoms with E-state index in [1.807, 2.05) is 19.4 Å². The molecule has 0 aromatic carbocycles. The van der Waals surface area contributed by atoms with Crippen molar-refractivity contribution in [2.75, 3.05) is 13.1 Å². The standard InChI is InChI=1S/C15H20N4/c1-11-5-6-14(12(2)18-11)19-10-17-9-15(19)13-4-3-7-16-8-13/h5-6,9-10,13,16H,3-4,7-8H2,1-2H3. The van der Waals surface area contributed by atoms with Crippen LogP contribution >= 0.6 is 0 Å². The highest BCUT2D eigenvalue weighted by Crippen LogP contribution is 2.26. The first-order valence-electron chi connectivity index (χ1n) is 6.93. The zero-order chi connectivity index (χ0) is 13.2. The molecule has 2 aromatic rings. The molecule has 0 aliphatic carbocycles. The zero-order valence-corrected chi connectivity index (χ0v) is 11.6. The Bertz CT molecular complexity index is 567. The van der Waals surface area contributed by atoms with E-state index in [1.54, 1.807) is 0 Å². The molecule has 1 aliphatic rings. The average molecular weight is 256 g/mol. The number of aromatic nitrogens is 3. The van der Waals surface area contributed by atoms with E-state index in [0.717, 1.165) is 30.2 Å². The van der Waals surface area contributed by atoms with Gasteiger partial charge in [0.25, 0.3) is 0 Å². The van der Waals surface area contributed by atoms with Gasteiger partial charge >= 0.3 is 0 Å². The van der Waals surface area contributed by atoms with Crippen LogP contribution in [0.5, 0.6) is 0 Å². The lowest BCUT2D eigenvalue weighted by atomic mass is 9.96. The molecule has 3 heterocycles. The van der Waals surface area contributed by atoms with Crippen molar-refractivity contribution in [3.8, 4) is 5.69 Å². The van der Waals surface area contributed by atoms with Crippen molar-refractivity contribution in [2.45, 2.75) is 32.6 Å². The van der Waals surface area contributed by atoms with E-state index in [1.165, 1.54) is 18.5 Å². The number of piperidine rings is 1. The minimum atomic E-state index is 0.553. The highest BCUT2D eigenvalue weighted by atomic mass is 15.1. The van der Waals surface area contributed by atoms with Gasteiger partial charge in [-0.15, -0.1) is 0 Å². The number of nitrogens with one attached hydrogen (secondary N) is 1. The summed E-state index contributed by atoms with van der Waals surface area (Å²) >= 11 is 0. The van der Waals surface area contributed by atoms with E-state index in [4.69, 9.17) is 0 Å². The smallest absolute Gasteiger partial charge is 0.0994 e.